The molecule has 2 heterocycles. The van der Waals surface area contributed by atoms with Gasteiger partial charge in [-0.15, -0.1) is 11.3 Å². The van der Waals surface area contributed by atoms with Crippen molar-refractivity contribution in [1.82, 2.24) is 9.29 Å². The summed E-state index contributed by atoms with van der Waals surface area (Å²) < 4.78 is 27.3. The van der Waals surface area contributed by atoms with Gasteiger partial charge in [-0.05, 0) is 32.8 Å². The Balaban J connectivity index is 1.94. The van der Waals surface area contributed by atoms with Crippen LogP contribution in [0.4, 0.5) is 11.4 Å². The highest BCUT2D eigenvalue weighted by Crippen LogP contribution is 2.31. The van der Waals surface area contributed by atoms with Crippen LogP contribution >= 0.6 is 11.3 Å². The lowest BCUT2D eigenvalue weighted by Crippen LogP contribution is -2.28. The third-order valence-electron chi connectivity index (χ3n) is 4.36. The Hall–Kier alpha value is -2.04. The minimum atomic E-state index is -3.78. The molecular formula is C16H20N4O4S2. The third-order valence-corrected chi connectivity index (χ3v) is 7.37. The summed E-state index contributed by atoms with van der Waals surface area (Å²) >= 11 is 1.54. The SMILES string of the molecule is Cc1nc(CNc2ccc([N+](=O)[O-])cc2S(=O)(=O)N2CCCC2)sc1C. The second-order valence-electron chi connectivity index (χ2n) is 6.15. The fourth-order valence-corrected chi connectivity index (χ4v) is 5.42. The van der Waals surface area contributed by atoms with Gasteiger partial charge in [0.25, 0.3) is 5.69 Å². The number of sulfonamides is 1. The summed E-state index contributed by atoms with van der Waals surface area (Å²) in [5, 5.41) is 15.0. The van der Waals surface area contributed by atoms with Crippen LogP contribution in [0, 0.1) is 24.0 Å². The largest absolute Gasteiger partial charge is 0.377 e. The smallest absolute Gasteiger partial charge is 0.270 e. The van der Waals surface area contributed by atoms with Gasteiger partial charge in [-0.3, -0.25) is 10.1 Å². The molecule has 1 aliphatic rings. The van der Waals surface area contributed by atoms with Crippen LogP contribution in [-0.4, -0.2) is 35.7 Å². The van der Waals surface area contributed by atoms with E-state index in [4.69, 9.17) is 0 Å². The van der Waals surface area contributed by atoms with Crippen LogP contribution in [-0.2, 0) is 16.6 Å². The van der Waals surface area contributed by atoms with Gasteiger partial charge in [-0.2, -0.15) is 4.31 Å². The first-order valence-corrected chi connectivity index (χ1v) is 10.5. The van der Waals surface area contributed by atoms with Crippen molar-refractivity contribution in [2.45, 2.75) is 38.1 Å². The average Bonchev–Trinajstić information content (AvgIpc) is 3.24. The molecule has 0 spiro atoms. The van der Waals surface area contributed by atoms with Gasteiger partial charge in [0.05, 0.1) is 22.8 Å². The average molecular weight is 396 g/mol. The summed E-state index contributed by atoms with van der Waals surface area (Å²) in [6.45, 7) is 5.14. The molecule has 0 radical (unpaired) electrons. The van der Waals surface area contributed by atoms with Crippen molar-refractivity contribution in [2.75, 3.05) is 18.4 Å². The van der Waals surface area contributed by atoms with Crippen molar-refractivity contribution < 1.29 is 13.3 Å². The summed E-state index contributed by atoms with van der Waals surface area (Å²) in [5.41, 5.74) is 1.06. The maximum atomic E-state index is 12.9. The molecule has 0 atom stereocenters. The number of hydrogen-bond donors (Lipinski definition) is 1. The van der Waals surface area contributed by atoms with Crippen molar-refractivity contribution in [3.8, 4) is 0 Å². The Bertz CT molecular complexity index is 914. The molecule has 10 heteroatoms. The molecule has 26 heavy (non-hydrogen) atoms. The summed E-state index contributed by atoms with van der Waals surface area (Å²) in [7, 11) is -3.78. The van der Waals surface area contributed by atoms with Crippen LogP contribution in [0.15, 0.2) is 23.1 Å². The van der Waals surface area contributed by atoms with E-state index in [0.29, 0.717) is 25.3 Å². The lowest BCUT2D eigenvalue weighted by Gasteiger charge is -2.18. The van der Waals surface area contributed by atoms with Gasteiger partial charge in [0.1, 0.15) is 9.90 Å². The maximum absolute atomic E-state index is 12.9. The van der Waals surface area contributed by atoms with Crippen LogP contribution in [0.3, 0.4) is 0 Å². The number of thiazole rings is 1. The molecule has 2 aromatic rings. The number of nitro benzene ring substituents is 1. The van der Waals surface area contributed by atoms with Gasteiger partial charge in [0.15, 0.2) is 0 Å². The number of anilines is 1. The molecule has 1 saturated heterocycles. The van der Waals surface area contributed by atoms with E-state index >= 15 is 0 Å². The standard InChI is InChI=1S/C16H20N4O4S2/c1-11-12(2)25-16(18-11)10-17-14-6-5-13(20(21)22)9-15(14)26(23,24)19-7-3-4-8-19/h5-6,9,17H,3-4,7-8,10H2,1-2H3. The molecule has 0 saturated carbocycles. The fourth-order valence-electron chi connectivity index (χ4n) is 2.84. The fraction of sp³-hybridized carbons (Fsp3) is 0.438. The van der Waals surface area contributed by atoms with Gasteiger partial charge in [-0.1, -0.05) is 0 Å². The molecule has 0 aliphatic carbocycles. The zero-order chi connectivity index (χ0) is 18.9. The predicted molar refractivity (Wildman–Crippen MR) is 100 cm³/mol. The van der Waals surface area contributed by atoms with Crippen LogP contribution in [0.2, 0.25) is 0 Å². The molecule has 1 aromatic carbocycles. The quantitative estimate of drug-likeness (QED) is 0.594. The topological polar surface area (TPSA) is 105 Å². The van der Waals surface area contributed by atoms with Crippen molar-refractivity contribution in [3.05, 3.63) is 43.9 Å². The van der Waals surface area contributed by atoms with Gasteiger partial charge in [0, 0.05) is 30.1 Å². The van der Waals surface area contributed by atoms with Crippen LogP contribution in [0.1, 0.15) is 28.4 Å². The molecule has 1 N–H and O–H groups in total. The molecule has 3 rings (SSSR count). The molecular weight excluding hydrogens is 376 g/mol. The van der Waals surface area contributed by atoms with Crippen LogP contribution in [0.25, 0.3) is 0 Å². The lowest BCUT2D eigenvalue weighted by atomic mass is 10.3. The van der Waals surface area contributed by atoms with E-state index in [2.05, 4.69) is 10.3 Å². The minimum Gasteiger partial charge on any atom is -0.377 e. The second-order valence-corrected chi connectivity index (χ2v) is 9.35. The van der Waals surface area contributed by atoms with Crippen molar-refractivity contribution in [3.63, 3.8) is 0 Å². The Labute approximate surface area is 156 Å². The van der Waals surface area contributed by atoms with Crippen molar-refractivity contribution in [1.29, 1.82) is 0 Å². The van der Waals surface area contributed by atoms with Crippen LogP contribution in [0.5, 0.6) is 0 Å². The molecule has 1 aromatic heterocycles. The number of nitrogens with zero attached hydrogens (tertiary/aromatic N) is 3. The first kappa shape index (κ1) is 18.7. The Morgan fingerprint density at radius 1 is 1.31 bits per heavy atom. The second kappa shape index (κ2) is 7.29. The molecule has 0 unspecified atom stereocenters. The molecule has 1 fully saturated rings. The zero-order valence-electron chi connectivity index (χ0n) is 14.6. The number of aromatic nitrogens is 1. The molecule has 0 bridgehead atoms. The number of non-ortho nitro benzene ring substituents is 1. The van der Waals surface area contributed by atoms with Gasteiger partial charge < -0.3 is 5.32 Å². The third kappa shape index (κ3) is 3.71. The van der Waals surface area contributed by atoms with E-state index < -0.39 is 14.9 Å². The Morgan fingerprint density at radius 3 is 2.58 bits per heavy atom. The van der Waals surface area contributed by atoms with E-state index in [1.165, 1.54) is 27.8 Å². The van der Waals surface area contributed by atoms with E-state index in [0.717, 1.165) is 34.5 Å². The number of nitrogens with one attached hydrogen (secondary N) is 1. The summed E-state index contributed by atoms with van der Waals surface area (Å²) in [6, 6.07) is 3.90. The number of benzene rings is 1. The van der Waals surface area contributed by atoms with E-state index in [9.17, 15) is 18.5 Å². The van der Waals surface area contributed by atoms with E-state index in [1.807, 2.05) is 13.8 Å². The van der Waals surface area contributed by atoms with E-state index in [1.54, 1.807) is 0 Å². The summed E-state index contributed by atoms with van der Waals surface area (Å²) in [6.07, 6.45) is 1.60. The van der Waals surface area contributed by atoms with Crippen molar-refractivity contribution >= 4 is 32.7 Å². The Kier molecular flexibility index (Phi) is 5.26. The highest BCUT2D eigenvalue weighted by molar-refractivity contribution is 7.89. The number of aryl methyl sites for hydroxylation is 2. The Morgan fingerprint density at radius 2 is 2.00 bits per heavy atom. The van der Waals surface area contributed by atoms with Gasteiger partial charge >= 0.3 is 0 Å². The normalized spacial score (nSPS) is 15.3. The zero-order valence-corrected chi connectivity index (χ0v) is 16.2. The number of rotatable bonds is 6. The molecule has 8 nitrogen and oxygen atoms in total. The first-order valence-electron chi connectivity index (χ1n) is 8.24. The molecule has 0 amide bonds. The van der Waals surface area contributed by atoms with Gasteiger partial charge in [0.2, 0.25) is 10.0 Å². The van der Waals surface area contributed by atoms with Gasteiger partial charge in [-0.25, -0.2) is 13.4 Å². The monoisotopic (exact) mass is 396 g/mol. The minimum absolute atomic E-state index is 0.0569. The molecule has 1 aliphatic heterocycles. The number of hydrogen-bond acceptors (Lipinski definition) is 7. The summed E-state index contributed by atoms with van der Waals surface area (Å²) in [5.74, 6) is 0. The van der Waals surface area contributed by atoms with E-state index in [-0.39, 0.29) is 10.6 Å². The predicted octanol–water partition coefficient (Wildman–Crippen LogP) is 3.06. The molecule has 140 valence electrons. The summed E-state index contributed by atoms with van der Waals surface area (Å²) in [4.78, 5) is 16.0. The highest BCUT2D eigenvalue weighted by Gasteiger charge is 2.31. The van der Waals surface area contributed by atoms with Crippen LogP contribution < -0.4 is 5.32 Å². The lowest BCUT2D eigenvalue weighted by molar-refractivity contribution is -0.385. The maximum Gasteiger partial charge on any atom is 0.270 e. The number of nitro groups is 1. The first-order chi connectivity index (χ1) is 12.3. The highest BCUT2D eigenvalue weighted by atomic mass is 32.2. The van der Waals surface area contributed by atoms with Crippen molar-refractivity contribution in [2.24, 2.45) is 0 Å².